The molecule has 0 atom stereocenters. The summed E-state index contributed by atoms with van der Waals surface area (Å²) >= 11 is 0. The van der Waals surface area contributed by atoms with Gasteiger partial charge in [0.15, 0.2) is 0 Å². The molecule has 0 unspecified atom stereocenters. The molecule has 1 aliphatic heterocycles. The molecule has 0 radical (unpaired) electrons. The molecule has 3 rings (SSSR count). The third kappa shape index (κ3) is 3.55. The number of piperidine rings is 1. The van der Waals surface area contributed by atoms with Gasteiger partial charge in [-0.1, -0.05) is 0 Å². The van der Waals surface area contributed by atoms with Crippen LogP contribution in [0, 0.1) is 12.8 Å². The Hall–Kier alpha value is -1.00. The van der Waals surface area contributed by atoms with Crippen molar-refractivity contribution in [1.29, 1.82) is 0 Å². The quantitative estimate of drug-likeness (QED) is 0.896. The molecule has 112 valence electrons. The van der Waals surface area contributed by atoms with E-state index >= 15 is 0 Å². The highest BCUT2D eigenvalue weighted by molar-refractivity contribution is 5.95. The largest absolute Gasteiger partial charge is 0.365 e. The van der Waals surface area contributed by atoms with Gasteiger partial charge in [-0.15, -0.1) is 12.4 Å². The molecule has 1 aromatic heterocycles. The second kappa shape index (κ2) is 6.64. The van der Waals surface area contributed by atoms with E-state index in [1.807, 2.05) is 24.1 Å². The summed E-state index contributed by atoms with van der Waals surface area (Å²) in [6.07, 6.45) is 6.81. The molecule has 1 saturated heterocycles. The summed E-state index contributed by atoms with van der Waals surface area (Å²) in [5, 5.41) is 3.65. The zero-order valence-electron chi connectivity index (χ0n) is 12.0. The SMILES string of the molecule is Cc1[nH]ccc1C(=O)N1CCC(NCC2CC2)CC1.Cl. The van der Waals surface area contributed by atoms with Crippen molar-refractivity contribution in [3.63, 3.8) is 0 Å². The molecule has 2 aliphatic rings. The summed E-state index contributed by atoms with van der Waals surface area (Å²) in [4.78, 5) is 17.4. The average Bonchev–Trinajstić information content (AvgIpc) is 3.17. The maximum Gasteiger partial charge on any atom is 0.255 e. The number of nitrogens with one attached hydrogen (secondary N) is 2. The van der Waals surface area contributed by atoms with Gasteiger partial charge in [0.05, 0.1) is 5.56 Å². The smallest absolute Gasteiger partial charge is 0.255 e. The van der Waals surface area contributed by atoms with Gasteiger partial charge < -0.3 is 15.2 Å². The van der Waals surface area contributed by atoms with Crippen molar-refractivity contribution in [3.05, 3.63) is 23.5 Å². The third-order valence-electron chi connectivity index (χ3n) is 4.36. The van der Waals surface area contributed by atoms with Gasteiger partial charge >= 0.3 is 0 Å². The average molecular weight is 298 g/mol. The third-order valence-corrected chi connectivity index (χ3v) is 4.36. The van der Waals surface area contributed by atoms with Gasteiger partial charge in [0.25, 0.3) is 5.91 Å². The first-order valence-corrected chi connectivity index (χ1v) is 7.40. The summed E-state index contributed by atoms with van der Waals surface area (Å²) < 4.78 is 0. The normalized spacial score (nSPS) is 19.8. The molecular weight excluding hydrogens is 274 g/mol. The van der Waals surface area contributed by atoms with E-state index in [4.69, 9.17) is 0 Å². The molecule has 2 fully saturated rings. The molecule has 1 aliphatic carbocycles. The second-order valence-corrected chi connectivity index (χ2v) is 5.93. The van der Waals surface area contributed by atoms with Gasteiger partial charge in [0.2, 0.25) is 0 Å². The molecule has 0 spiro atoms. The number of hydrogen-bond donors (Lipinski definition) is 2. The van der Waals surface area contributed by atoms with Gasteiger partial charge in [0, 0.05) is 31.0 Å². The van der Waals surface area contributed by atoms with Crippen molar-refractivity contribution in [2.45, 2.75) is 38.6 Å². The van der Waals surface area contributed by atoms with Crippen molar-refractivity contribution in [2.75, 3.05) is 19.6 Å². The number of rotatable bonds is 4. The second-order valence-electron chi connectivity index (χ2n) is 5.93. The van der Waals surface area contributed by atoms with Crippen LogP contribution >= 0.6 is 12.4 Å². The van der Waals surface area contributed by atoms with Gasteiger partial charge in [0.1, 0.15) is 0 Å². The van der Waals surface area contributed by atoms with Crippen molar-refractivity contribution in [3.8, 4) is 0 Å². The van der Waals surface area contributed by atoms with Gasteiger partial charge in [-0.2, -0.15) is 0 Å². The summed E-state index contributed by atoms with van der Waals surface area (Å²) in [5.74, 6) is 1.11. The van der Waals surface area contributed by atoms with Gasteiger partial charge in [-0.3, -0.25) is 4.79 Å². The molecule has 20 heavy (non-hydrogen) atoms. The topological polar surface area (TPSA) is 48.1 Å². The number of aryl methyl sites for hydroxylation is 1. The minimum absolute atomic E-state index is 0. The number of aromatic nitrogens is 1. The number of aromatic amines is 1. The number of likely N-dealkylation sites (tertiary alicyclic amines) is 1. The number of halogens is 1. The van der Waals surface area contributed by atoms with Crippen LogP contribution in [0.5, 0.6) is 0 Å². The first-order chi connectivity index (χ1) is 9.24. The first kappa shape index (κ1) is 15.4. The molecule has 2 heterocycles. The number of carbonyl (C=O) groups is 1. The molecule has 0 aromatic carbocycles. The van der Waals surface area contributed by atoms with Crippen LogP contribution in [0.2, 0.25) is 0 Å². The Morgan fingerprint density at radius 1 is 1.35 bits per heavy atom. The zero-order chi connectivity index (χ0) is 13.2. The van der Waals surface area contributed by atoms with Crippen molar-refractivity contribution in [2.24, 2.45) is 5.92 Å². The summed E-state index contributed by atoms with van der Waals surface area (Å²) in [7, 11) is 0. The molecule has 1 aromatic rings. The monoisotopic (exact) mass is 297 g/mol. The Morgan fingerprint density at radius 2 is 2.05 bits per heavy atom. The van der Waals surface area contributed by atoms with Crippen LogP contribution < -0.4 is 5.32 Å². The Kier molecular flexibility index (Phi) is 5.11. The number of carbonyl (C=O) groups excluding carboxylic acids is 1. The number of nitrogens with zero attached hydrogens (tertiary/aromatic N) is 1. The highest BCUT2D eigenvalue weighted by atomic mass is 35.5. The van der Waals surface area contributed by atoms with E-state index in [2.05, 4.69) is 10.3 Å². The minimum atomic E-state index is 0. The van der Waals surface area contributed by atoms with Crippen molar-refractivity contribution >= 4 is 18.3 Å². The number of hydrogen-bond acceptors (Lipinski definition) is 2. The van der Waals surface area contributed by atoms with E-state index in [9.17, 15) is 4.79 Å². The van der Waals surface area contributed by atoms with Crippen LogP contribution in [0.15, 0.2) is 12.3 Å². The van der Waals surface area contributed by atoms with E-state index in [1.54, 1.807) is 0 Å². The van der Waals surface area contributed by atoms with Crippen LogP contribution in [0.3, 0.4) is 0 Å². The van der Waals surface area contributed by atoms with Gasteiger partial charge in [-0.05, 0) is 51.1 Å². The van der Waals surface area contributed by atoms with E-state index in [-0.39, 0.29) is 18.3 Å². The Labute approximate surface area is 126 Å². The summed E-state index contributed by atoms with van der Waals surface area (Å²) in [6.45, 7) is 4.89. The zero-order valence-corrected chi connectivity index (χ0v) is 12.8. The maximum absolute atomic E-state index is 12.3. The Balaban J connectivity index is 0.00000147. The summed E-state index contributed by atoms with van der Waals surface area (Å²) in [6, 6.07) is 2.49. The van der Waals surface area contributed by atoms with Crippen molar-refractivity contribution in [1.82, 2.24) is 15.2 Å². The molecule has 1 saturated carbocycles. The lowest BCUT2D eigenvalue weighted by Gasteiger charge is -2.32. The maximum atomic E-state index is 12.3. The lowest BCUT2D eigenvalue weighted by atomic mass is 10.0. The van der Waals surface area contributed by atoms with Crippen LogP contribution in [0.4, 0.5) is 0 Å². The molecule has 4 nitrogen and oxygen atoms in total. The predicted molar refractivity (Wildman–Crippen MR) is 82.4 cm³/mol. The molecule has 1 amide bonds. The lowest BCUT2D eigenvalue weighted by Crippen LogP contribution is -2.45. The molecule has 5 heteroatoms. The van der Waals surface area contributed by atoms with E-state index in [0.29, 0.717) is 6.04 Å². The summed E-state index contributed by atoms with van der Waals surface area (Å²) in [5.41, 5.74) is 1.79. The number of amides is 1. The highest BCUT2D eigenvalue weighted by Gasteiger charge is 2.26. The number of H-pyrrole nitrogens is 1. The van der Waals surface area contributed by atoms with Crippen LogP contribution in [0.25, 0.3) is 0 Å². The highest BCUT2D eigenvalue weighted by Crippen LogP contribution is 2.28. The van der Waals surface area contributed by atoms with E-state index < -0.39 is 0 Å². The van der Waals surface area contributed by atoms with E-state index in [0.717, 1.165) is 43.1 Å². The predicted octanol–water partition coefficient (Wildman–Crippen LogP) is 2.35. The van der Waals surface area contributed by atoms with Crippen molar-refractivity contribution < 1.29 is 4.79 Å². The fourth-order valence-electron chi connectivity index (χ4n) is 2.80. The van der Waals surface area contributed by atoms with Gasteiger partial charge in [-0.25, -0.2) is 0 Å². The van der Waals surface area contributed by atoms with Crippen LogP contribution in [-0.2, 0) is 0 Å². The van der Waals surface area contributed by atoms with E-state index in [1.165, 1.54) is 19.4 Å². The fourth-order valence-corrected chi connectivity index (χ4v) is 2.80. The Morgan fingerprint density at radius 3 is 2.60 bits per heavy atom. The molecule has 2 N–H and O–H groups in total. The lowest BCUT2D eigenvalue weighted by molar-refractivity contribution is 0.0704. The van der Waals surface area contributed by atoms with Crippen LogP contribution in [-0.4, -0.2) is 41.5 Å². The fraction of sp³-hybridized carbons (Fsp3) is 0.667. The van der Waals surface area contributed by atoms with Crippen LogP contribution in [0.1, 0.15) is 41.7 Å². The molecular formula is C15H24ClN3O. The standard InChI is InChI=1S/C15H23N3O.ClH/c1-11-14(4-7-16-11)15(19)18-8-5-13(6-9-18)17-10-12-2-3-12;/h4,7,12-13,16-17H,2-3,5-6,8-10H2,1H3;1H. The first-order valence-electron chi connectivity index (χ1n) is 7.40. The molecule has 0 bridgehead atoms. The minimum Gasteiger partial charge on any atom is -0.365 e. The Bertz CT molecular complexity index is 448.